The highest BCUT2D eigenvalue weighted by molar-refractivity contribution is 6.04. The van der Waals surface area contributed by atoms with Crippen LogP contribution in [0.5, 0.6) is 0 Å². The lowest BCUT2D eigenvalue weighted by atomic mass is 10.0. The number of hydrogen-bond donors (Lipinski definition) is 3. The van der Waals surface area contributed by atoms with E-state index in [2.05, 4.69) is 10.5 Å². The SMILES string of the molecule is CN1CC[C@@H](Nc2cccc3c2cc(C(N)=NO)n3CC(F)(F)F)[C@@H](F)C1. The van der Waals surface area contributed by atoms with E-state index in [4.69, 9.17) is 10.9 Å². The molecule has 10 heteroatoms. The Labute approximate surface area is 153 Å². The third-order valence-electron chi connectivity index (χ3n) is 4.74. The van der Waals surface area contributed by atoms with Gasteiger partial charge in [0.05, 0.1) is 17.3 Å². The van der Waals surface area contributed by atoms with E-state index in [1.807, 2.05) is 11.9 Å². The molecule has 1 aromatic carbocycles. The molecule has 0 saturated carbocycles. The molecule has 4 N–H and O–H groups in total. The van der Waals surface area contributed by atoms with Gasteiger partial charge in [0.25, 0.3) is 0 Å². The van der Waals surface area contributed by atoms with Gasteiger partial charge in [0.15, 0.2) is 5.84 Å². The summed E-state index contributed by atoms with van der Waals surface area (Å²) in [7, 11) is 1.84. The number of halogens is 4. The molecule has 1 aromatic heterocycles. The molecule has 0 unspecified atom stereocenters. The zero-order chi connectivity index (χ0) is 19.8. The lowest BCUT2D eigenvalue weighted by Gasteiger charge is -2.33. The predicted molar refractivity (Wildman–Crippen MR) is 94.9 cm³/mol. The first-order valence-corrected chi connectivity index (χ1v) is 8.45. The third kappa shape index (κ3) is 4.10. The van der Waals surface area contributed by atoms with Gasteiger partial charge in [-0.2, -0.15) is 13.2 Å². The summed E-state index contributed by atoms with van der Waals surface area (Å²) in [5.74, 6) is -0.427. The molecule has 0 radical (unpaired) electrons. The Balaban J connectivity index is 2.03. The highest BCUT2D eigenvalue weighted by Gasteiger charge is 2.31. The second-order valence-corrected chi connectivity index (χ2v) is 6.77. The Hall–Kier alpha value is -2.49. The van der Waals surface area contributed by atoms with Crippen LogP contribution in [0.3, 0.4) is 0 Å². The quantitative estimate of drug-likeness (QED) is 0.248. The minimum absolute atomic E-state index is 0.0562. The van der Waals surface area contributed by atoms with Gasteiger partial charge < -0.3 is 25.7 Å². The van der Waals surface area contributed by atoms with Crippen molar-refractivity contribution >= 4 is 22.4 Å². The van der Waals surface area contributed by atoms with Crippen molar-refractivity contribution in [3.63, 3.8) is 0 Å². The summed E-state index contributed by atoms with van der Waals surface area (Å²) in [6.45, 7) is -0.276. The molecule has 2 aromatic rings. The maximum Gasteiger partial charge on any atom is 0.406 e. The molecule has 1 aliphatic heterocycles. The standard InChI is InChI=1S/C17H21F4N5O/c1-25-6-5-13(11(18)8-25)23-12-3-2-4-14-10(12)7-15(16(22)24-27)26(14)9-17(19,20)21/h2-4,7,11,13,23,27H,5-6,8-9H2,1H3,(H2,22,24)/t11-,13+/m0/s1. The maximum atomic E-state index is 14.3. The Kier molecular flexibility index (Phi) is 5.18. The van der Waals surface area contributed by atoms with Crippen LogP contribution in [0.15, 0.2) is 29.4 Å². The Morgan fingerprint density at radius 2 is 2.15 bits per heavy atom. The summed E-state index contributed by atoms with van der Waals surface area (Å²) in [5, 5.41) is 15.3. The molecule has 27 heavy (non-hydrogen) atoms. The zero-order valence-corrected chi connectivity index (χ0v) is 14.7. The van der Waals surface area contributed by atoms with Gasteiger partial charge in [0.1, 0.15) is 12.7 Å². The van der Waals surface area contributed by atoms with Gasteiger partial charge >= 0.3 is 6.18 Å². The van der Waals surface area contributed by atoms with E-state index >= 15 is 0 Å². The molecule has 0 aliphatic carbocycles. The normalized spacial score (nSPS) is 22.3. The van der Waals surface area contributed by atoms with Crippen LogP contribution < -0.4 is 11.1 Å². The van der Waals surface area contributed by atoms with Crippen molar-refractivity contribution in [2.45, 2.75) is 31.4 Å². The summed E-state index contributed by atoms with van der Waals surface area (Å²) in [4.78, 5) is 1.89. The molecule has 1 saturated heterocycles. The number of piperidine rings is 1. The fraction of sp³-hybridized carbons (Fsp3) is 0.471. The molecule has 1 aliphatic rings. The van der Waals surface area contributed by atoms with Crippen molar-refractivity contribution < 1.29 is 22.8 Å². The van der Waals surface area contributed by atoms with E-state index in [1.54, 1.807) is 12.1 Å². The molecule has 0 spiro atoms. The average molecular weight is 387 g/mol. The van der Waals surface area contributed by atoms with Crippen LogP contribution >= 0.6 is 0 Å². The third-order valence-corrected chi connectivity index (χ3v) is 4.74. The highest BCUT2D eigenvalue weighted by Crippen LogP contribution is 2.31. The molecule has 2 atom stereocenters. The summed E-state index contributed by atoms with van der Waals surface area (Å²) < 4.78 is 54.3. The van der Waals surface area contributed by atoms with Crippen LogP contribution in [-0.2, 0) is 6.54 Å². The number of nitrogens with one attached hydrogen (secondary N) is 1. The number of likely N-dealkylation sites (tertiary alicyclic amines) is 1. The summed E-state index contributed by atoms with van der Waals surface area (Å²) in [6, 6.07) is 5.77. The second kappa shape index (κ2) is 7.26. The fourth-order valence-corrected chi connectivity index (χ4v) is 3.44. The number of nitrogens with zero attached hydrogens (tertiary/aromatic N) is 3. The summed E-state index contributed by atoms with van der Waals surface area (Å²) >= 11 is 0. The maximum absolute atomic E-state index is 14.3. The number of benzene rings is 1. The number of fused-ring (bicyclic) bond motifs is 1. The van der Waals surface area contributed by atoms with Crippen LogP contribution in [0.25, 0.3) is 10.9 Å². The first-order valence-electron chi connectivity index (χ1n) is 8.45. The number of rotatable bonds is 4. The first kappa shape index (κ1) is 19.3. The molecule has 0 bridgehead atoms. The van der Waals surface area contributed by atoms with Crippen molar-refractivity contribution in [1.82, 2.24) is 9.47 Å². The smallest absolute Gasteiger partial charge is 0.406 e. The van der Waals surface area contributed by atoms with Crippen molar-refractivity contribution in [2.75, 3.05) is 25.5 Å². The average Bonchev–Trinajstić information content (AvgIpc) is 2.94. The largest absolute Gasteiger partial charge is 0.409 e. The molecule has 0 amide bonds. The first-order chi connectivity index (χ1) is 12.7. The molecule has 148 valence electrons. The van der Waals surface area contributed by atoms with Gasteiger partial charge in [-0.25, -0.2) is 4.39 Å². The van der Waals surface area contributed by atoms with E-state index in [-0.39, 0.29) is 17.8 Å². The lowest BCUT2D eigenvalue weighted by molar-refractivity contribution is -0.139. The van der Waals surface area contributed by atoms with Crippen LogP contribution in [0.2, 0.25) is 0 Å². The van der Waals surface area contributed by atoms with Gasteiger partial charge in [-0.1, -0.05) is 11.2 Å². The molecule has 6 nitrogen and oxygen atoms in total. The van der Waals surface area contributed by atoms with Crippen molar-refractivity contribution in [3.8, 4) is 0 Å². The van der Waals surface area contributed by atoms with Crippen LogP contribution in [0.4, 0.5) is 23.2 Å². The van der Waals surface area contributed by atoms with Crippen molar-refractivity contribution in [1.29, 1.82) is 0 Å². The van der Waals surface area contributed by atoms with Crippen molar-refractivity contribution in [3.05, 3.63) is 30.0 Å². The number of nitrogens with two attached hydrogens (primary N) is 1. The van der Waals surface area contributed by atoms with Crippen LogP contribution in [-0.4, -0.2) is 59.0 Å². The van der Waals surface area contributed by atoms with Gasteiger partial charge in [0, 0.05) is 24.2 Å². The Morgan fingerprint density at radius 1 is 1.41 bits per heavy atom. The van der Waals surface area contributed by atoms with E-state index in [9.17, 15) is 17.6 Å². The van der Waals surface area contributed by atoms with Gasteiger partial charge in [-0.05, 0) is 31.7 Å². The summed E-state index contributed by atoms with van der Waals surface area (Å²) in [5.41, 5.74) is 6.30. The van der Waals surface area contributed by atoms with Gasteiger partial charge in [0.2, 0.25) is 0 Å². The van der Waals surface area contributed by atoms with Crippen LogP contribution in [0.1, 0.15) is 12.1 Å². The molecular weight excluding hydrogens is 366 g/mol. The molecular formula is C17H21F4N5O. The van der Waals surface area contributed by atoms with Crippen LogP contribution in [0, 0.1) is 0 Å². The fourth-order valence-electron chi connectivity index (χ4n) is 3.44. The minimum atomic E-state index is -4.49. The zero-order valence-electron chi connectivity index (χ0n) is 14.7. The number of oxime groups is 1. The van der Waals surface area contributed by atoms with E-state index < -0.39 is 30.8 Å². The highest BCUT2D eigenvalue weighted by atomic mass is 19.4. The predicted octanol–water partition coefficient (Wildman–Crippen LogP) is 2.75. The minimum Gasteiger partial charge on any atom is -0.409 e. The number of amidine groups is 1. The summed E-state index contributed by atoms with van der Waals surface area (Å²) in [6.07, 6.45) is -5.01. The lowest BCUT2D eigenvalue weighted by Crippen LogP contribution is -2.46. The number of anilines is 1. The molecule has 3 rings (SSSR count). The second-order valence-electron chi connectivity index (χ2n) is 6.77. The van der Waals surface area contributed by atoms with E-state index in [1.165, 1.54) is 12.1 Å². The number of hydrogen-bond acceptors (Lipinski definition) is 4. The number of aromatic nitrogens is 1. The van der Waals surface area contributed by atoms with Gasteiger partial charge in [-0.15, -0.1) is 0 Å². The number of alkyl halides is 4. The monoisotopic (exact) mass is 387 g/mol. The molecule has 1 fully saturated rings. The van der Waals surface area contributed by atoms with E-state index in [0.29, 0.717) is 17.5 Å². The van der Waals surface area contributed by atoms with Gasteiger partial charge in [-0.3, -0.25) is 0 Å². The van der Waals surface area contributed by atoms with E-state index in [0.717, 1.165) is 11.1 Å². The molecule has 2 heterocycles. The Bertz CT molecular complexity index is 848. The Morgan fingerprint density at radius 3 is 2.78 bits per heavy atom. The topological polar surface area (TPSA) is 78.8 Å². The van der Waals surface area contributed by atoms with Crippen molar-refractivity contribution in [2.24, 2.45) is 10.9 Å².